The number of ether oxygens (including phenoxy) is 1. The third-order valence-corrected chi connectivity index (χ3v) is 5.55. The van der Waals surface area contributed by atoms with E-state index in [4.69, 9.17) is 4.74 Å². The third kappa shape index (κ3) is 4.32. The summed E-state index contributed by atoms with van der Waals surface area (Å²) >= 11 is 0. The van der Waals surface area contributed by atoms with Crippen molar-refractivity contribution >= 4 is 11.6 Å². The Kier molecular flexibility index (Phi) is 5.62. The fraction of sp³-hybridized carbons (Fsp3) is 0.304. The molecule has 150 valence electrons. The lowest BCUT2D eigenvalue weighted by Gasteiger charge is -2.19. The maximum atomic E-state index is 13.0. The van der Waals surface area contributed by atoms with Crippen LogP contribution in [0.2, 0.25) is 0 Å². The summed E-state index contributed by atoms with van der Waals surface area (Å²) in [6.45, 7) is 3.93. The van der Waals surface area contributed by atoms with Crippen LogP contribution in [0.15, 0.2) is 60.9 Å². The van der Waals surface area contributed by atoms with Crippen LogP contribution in [0, 0.1) is 12.8 Å². The molecule has 0 aliphatic carbocycles. The zero-order valence-corrected chi connectivity index (χ0v) is 16.8. The van der Waals surface area contributed by atoms with Crippen LogP contribution in [0.4, 0.5) is 5.69 Å². The number of benzene rings is 2. The minimum Gasteiger partial charge on any atom is -0.489 e. The number of para-hydroxylation sites is 1. The van der Waals surface area contributed by atoms with E-state index in [0.717, 1.165) is 34.7 Å². The van der Waals surface area contributed by atoms with Crippen molar-refractivity contribution in [2.24, 2.45) is 13.0 Å². The van der Waals surface area contributed by atoms with Crippen molar-refractivity contribution in [2.75, 3.05) is 18.4 Å². The van der Waals surface area contributed by atoms with Crippen LogP contribution in [-0.2, 0) is 18.4 Å². The molecule has 2 aromatic carbocycles. The molecule has 0 radical (unpaired) electrons. The molecule has 1 amide bonds. The van der Waals surface area contributed by atoms with Gasteiger partial charge in [-0.3, -0.25) is 9.48 Å². The van der Waals surface area contributed by atoms with Crippen LogP contribution < -0.4 is 15.4 Å². The van der Waals surface area contributed by atoms with Crippen LogP contribution in [0.1, 0.15) is 22.6 Å². The Morgan fingerprint density at radius 3 is 2.79 bits per heavy atom. The number of aryl methyl sites for hydroxylation is 1. The van der Waals surface area contributed by atoms with Crippen LogP contribution in [0.5, 0.6) is 5.75 Å². The number of hydrogen-bond donors (Lipinski definition) is 2. The topological polar surface area (TPSA) is 68.2 Å². The number of nitrogens with one attached hydrogen (secondary N) is 2. The highest BCUT2D eigenvalue weighted by atomic mass is 16.5. The summed E-state index contributed by atoms with van der Waals surface area (Å²) in [7, 11) is 1.90. The molecule has 2 N–H and O–H groups in total. The summed E-state index contributed by atoms with van der Waals surface area (Å²) in [4.78, 5) is 13.0. The first-order chi connectivity index (χ1) is 14.1. The van der Waals surface area contributed by atoms with E-state index in [9.17, 15) is 4.79 Å². The van der Waals surface area contributed by atoms with Crippen molar-refractivity contribution < 1.29 is 9.53 Å². The van der Waals surface area contributed by atoms with E-state index in [1.54, 1.807) is 4.68 Å². The number of amides is 1. The van der Waals surface area contributed by atoms with Gasteiger partial charge in [-0.15, -0.1) is 0 Å². The predicted molar refractivity (Wildman–Crippen MR) is 113 cm³/mol. The number of nitrogens with zero attached hydrogens (tertiary/aromatic N) is 2. The summed E-state index contributed by atoms with van der Waals surface area (Å²) in [5, 5.41) is 10.7. The summed E-state index contributed by atoms with van der Waals surface area (Å²) in [6.07, 6.45) is 3.84. The quantitative estimate of drug-likeness (QED) is 0.678. The van der Waals surface area contributed by atoms with Gasteiger partial charge in [0, 0.05) is 37.9 Å². The molecule has 1 saturated heterocycles. The Labute approximate surface area is 170 Å². The number of carbonyl (C=O) groups is 1. The van der Waals surface area contributed by atoms with E-state index in [0.29, 0.717) is 13.2 Å². The molecule has 0 unspecified atom stereocenters. The standard InChI is InChI=1S/C23H26N4O2/c1-16-17(15-29-19-8-4-3-5-9-19)7-6-10-22(16)26-23(28)21-13-24-12-20(21)18-11-25-27(2)14-18/h3-11,14,20-21,24H,12-13,15H2,1-2H3,(H,26,28)/t20-,21+/m1/s1. The second-order valence-electron chi connectivity index (χ2n) is 7.50. The van der Waals surface area contributed by atoms with Crippen molar-refractivity contribution in [1.29, 1.82) is 0 Å². The molecular weight excluding hydrogens is 364 g/mol. The van der Waals surface area contributed by atoms with Gasteiger partial charge in [-0.25, -0.2) is 0 Å². The highest BCUT2D eigenvalue weighted by Gasteiger charge is 2.34. The van der Waals surface area contributed by atoms with Gasteiger partial charge in [0.25, 0.3) is 0 Å². The van der Waals surface area contributed by atoms with E-state index in [1.165, 1.54) is 0 Å². The minimum atomic E-state index is -0.122. The predicted octanol–water partition coefficient (Wildman–Crippen LogP) is 3.25. The molecule has 6 heteroatoms. The molecule has 4 rings (SSSR count). The van der Waals surface area contributed by atoms with Crippen molar-refractivity contribution in [3.05, 3.63) is 77.6 Å². The number of anilines is 1. The van der Waals surface area contributed by atoms with Gasteiger partial charge in [0.05, 0.1) is 12.1 Å². The Hall–Kier alpha value is -3.12. The molecule has 3 aromatic rings. The fourth-order valence-electron chi connectivity index (χ4n) is 3.81. The SMILES string of the molecule is Cc1c(COc2ccccc2)cccc1NC(=O)[C@H]1CNC[C@@H]1c1cnn(C)c1. The first kappa shape index (κ1) is 19.2. The van der Waals surface area contributed by atoms with Gasteiger partial charge in [-0.2, -0.15) is 5.10 Å². The molecule has 1 aromatic heterocycles. The van der Waals surface area contributed by atoms with Crippen molar-refractivity contribution in [2.45, 2.75) is 19.4 Å². The van der Waals surface area contributed by atoms with E-state index in [2.05, 4.69) is 15.7 Å². The van der Waals surface area contributed by atoms with Gasteiger partial charge in [0.2, 0.25) is 5.91 Å². The Balaban J connectivity index is 1.45. The second kappa shape index (κ2) is 8.49. The van der Waals surface area contributed by atoms with Gasteiger partial charge in [-0.1, -0.05) is 30.3 Å². The Bertz CT molecular complexity index is 984. The maximum absolute atomic E-state index is 13.0. The molecule has 0 saturated carbocycles. The van der Waals surface area contributed by atoms with Gasteiger partial charge < -0.3 is 15.4 Å². The first-order valence-electron chi connectivity index (χ1n) is 9.88. The van der Waals surface area contributed by atoms with Gasteiger partial charge in [0.1, 0.15) is 12.4 Å². The molecule has 1 fully saturated rings. The van der Waals surface area contributed by atoms with Crippen molar-refractivity contribution in [3.63, 3.8) is 0 Å². The first-order valence-corrected chi connectivity index (χ1v) is 9.88. The highest BCUT2D eigenvalue weighted by Crippen LogP contribution is 2.30. The Morgan fingerprint density at radius 2 is 2.03 bits per heavy atom. The van der Waals surface area contributed by atoms with Crippen LogP contribution >= 0.6 is 0 Å². The number of aromatic nitrogens is 2. The van der Waals surface area contributed by atoms with Crippen molar-refractivity contribution in [3.8, 4) is 5.75 Å². The molecule has 1 aliphatic rings. The van der Waals surface area contributed by atoms with Crippen LogP contribution in [0.3, 0.4) is 0 Å². The number of carbonyl (C=O) groups excluding carboxylic acids is 1. The molecule has 29 heavy (non-hydrogen) atoms. The Morgan fingerprint density at radius 1 is 1.21 bits per heavy atom. The highest BCUT2D eigenvalue weighted by molar-refractivity contribution is 5.94. The summed E-state index contributed by atoms with van der Waals surface area (Å²) in [5.74, 6) is 0.877. The average Bonchev–Trinajstić information content (AvgIpc) is 3.38. The maximum Gasteiger partial charge on any atom is 0.229 e. The van der Waals surface area contributed by atoms with E-state index in [-0.39, 0.29) is 17.7 Å². The zero-order chi connectivity index (χ0) is 20.2. The monoisotopic (exact) mass is 390 g/mol. The summed E-state index contributed by atoms with van der Waals surface area (Å²) in [5.41, 5.74) is 4.01. The lowest BCUT2D eigenvalue weighted by molar-refractivity contribution is -0.119. The average molecular weight is 390 g/mol. The lowest BCUT2D eigenvalue weighted by Crippen LogP contribution is -2.28. The molecule has 2 atom stereocenters. The van der Waals surface area contributed by atoms with Crippen molar-refractivity contribution in [1.82, 2.24) is 15.1 Å². The molecule has 6 nitrogen and oxygen atoms in total. The number of rotatable bonds is 6. The fourth-order valence-corrected chi connectivity index (χ4v) is 3.81. The van der Waals surface area contributed by atoms with Gasteiger partial charge >= 0.3 is 0 Å². The molecule has 0 bridgehead atoms. The molecule has 1 aliphatic heterocycles. The summed E-state index contributed by atoms with van der Waals surface area (Å²) in [6, 6.07) is 15.7. The van der Waals surface area contributed by atoms with E-state index >= 15 is 0 Å². The largest absolute Gasteiger partial charge is 0.489 e. The molecule has 2 heterocycles. The van der Waals surface area contributed by atoms with Crippen LogP contribution in [0.25, 0.3) is 0 Å². The van der Waals surface area contributed by atoms with Gasteiger partial charge in [0.15, 0.2) is 0 Å². The molecule has 0 spiro atoms. The summed E-state index contributed by atoms with van der Waals surface area (Å²) < 4.78 is 7.66. The normalized spacial score (nSPS) is 18.6. The van der Waals surface area contributed by atoms with Gasteiger partial charge in [-0.05, 0) is 41.8 Å². The van der Waals surface area contributed by atoms with E-state index < -0.39 is 0 Å². The minimum absolute atomic E-state index is 0.0353. The third-order valence-electron chi connectivity index (χ3n) is 5.55. The van der Waals surface area contributed by atoms with E-state index in [1.807, 2.05) is 74.9 Å². The van der Waals surface area contributed by atoms with Crippen LogP contribution in [-0.4, -0.2) is 28.8 Å². The second-order valence-corrected chi connectivity index (χ2v) is 7.50. The number of hydrogen-bond acceptors (Lipinski definition) is 4. The zero-order valence-electron chi connectivity index (χ0n) is 16.8. The molecular formula is C23H26N4O2. The smallest absolute Gasteiger partial charge is 0.229 e. The lowest BCUT2D eigenvalue weighted by atomic mass is 9.90.